The monoisotopic (exact) mass is 234 g/mol. The van der Waals surface area contributed by atoms with Crippen LogP contribution in [0.3, 0.4) is 0 Å². The molecule has 0 radical (unpaired) electrons. The quantitative estimate of drug-likeness (QED) is 0.836. The predicted octanol–water partition coefficient (Wildman–Crippen LogP) is 2.01. The van der Waals surface area contributed by atoms with Crippen LogP contribution in [0.25, 0.3) is 0 Å². The van der Waals surface area contributed by atoms with Crippen molar-refractivity contribution in [1.82, 2.24) is 10.6 Å². The molecule has 0 heterocycles. The molecular weight excluding hydrogens is 212 g/mol. The molecule has 0 aliphatic rings. The molecule has 0 fully saturated rings. The van der Waals surface area contributed by atoms with E-state index >= 15 is 0 Å². The van der Waals surface area contributed by atoms with Gasteiger partial charge in [-0.15, -0.1) is 0 Å². The third kappa shape index (κ3) is 3.56. The normalized spacial score (nSPS) is 12.3. The summed E-state index contributed by atoms with van der Waals surface area (Å²) in [6.07, 6.45) is 0. The van der Waals surface area contributed by atoms with E-state index in [1.807, 2.05) is 0 Å². The van der Waals surface area contributed by atoms with Gasteiger partial charge in [0.15, 0.2) is 0 Å². The van der Waals surface area contributed by atoms with Crippen molar-refractivity contribution in [3.63, 3.8) is 0 Å². The zero-order chi connectivity index (χ0) is 13.0. The van der Waals surface area contributed by atoms with Gasteiger partial charge in [0.25, 0.3) is 0 Å². The number of rotatable bonds is 4. The average Bonchev–Trinajstić information content (AvgIpc) is 2.24. The molecule has 0 aromatic heterocycles. The molecule has 1 amide bonds. The van der Waals surface area contributed by atoms with Crippen molar-refractivity contribution in [1.29, 1.82) is 0 Å². The first-order valence-electron chi connectivity index (χ1n) is 5.97. The van der Waals surface area contributed by atoms with Gasteiger partial charge >= 0.3 is 0 Å². The summed E-state index contributed by atoms with van der Waals surface area (Å²) in [4.78, 5) is 11.2. The zero-order valence-corrected chi connectivity index (χ0v) is 11.3. The summed E-state index contributed by atoms with van der Waals surface area (Å²) in [5, 5.41) is 5.85. The van der Waals surface area contributed by atoms with E-state index in [-0.39, 0.29) is 11.9 Å². The Morgan fingerprint density at radius 2 is 1.76 bits per heavy atom. The van der Waals surface area contributed by atoms with Gasteiger partial charge in [-0.1, -0.05) is 17.7 Å². The van der Waals surface area contributed by atoms with Gasteiger partial charge < -0.3 is 10.6 Å². The van der Waals surface area contributed by atoms with Gasteiger partial charge in [-0.05, 0) is 44.4 Å². The molecule has 3 nitrogen and oxygen atoms in total. The van der Waals surface area contributed by atoms with Crippen LogP contribution in [0.15, 0.2) is 12.1 Å². The lowest BCUT2D eigenvalue weighted by Crippen LogP contribution is -2.33. The van der Waals surface area contributed by atoms with E-state index in [1.54, 1.807) is 7.05 Å². The Kier molecular flexibility index (Phi) is 4.70. The number of nitrogens with one attached hydrogen (secondary N) is 2. The number of likely N-dealkylation sites (N-methyl/N-ethyl adjacent to an activating group) is 1. The van der Waals surface area contributed by atoms with Gasteiger partial charge in [0, 0.05) is 13.1 Å². The number of carbonyl (C=O) groups is 1. The fraction of sp³-hybridized carbons (Fsp3) is 0.500. The second-order valence-electron chi connectivity index (χ2n) is 4.59. The smallest absolute Gasteiger partial charge is 0.233 e. The van der Waals surface area contributed by atoms with E-state index in [0.717, 1.165) is 0 Å². The molecule has 1 unspecified atom stereocenters. The average molecular weight is 234 g/mol. The highest BCUT2D eigenvalue weighted by atomic mass is 16.1. The van der Waals surface area contributed by atoms with E-state index in [1.165, 1.54) is 22.3 Å². The summed E-state index contributed by atoms with van der Waals surface area (Å²) in [6, 6.07) is 4.55. The molecule has 1 aromatic carbocycles. The number of carbonyl (C=O) groups excluding carboxylic acids is 1. The van der Waals surface area contributed by atoms with Crippen LogP contribution in [0, 0.1) is 20.8 Å². The van der Waals surface area contributed by atoms with Gasteiger partial charge in [-0.2, -0.15) is 0 Å². The lowest BCUT2D eigenvalue weighted by molar-refractivity contribution is -0.119. The summed E-state index contributed by atoms with van der Waals surface area (Å²) < 4.78 is 0. The minimum atomic E-state index is 0.0132. The molecule has 0 aliphatic heterocycles. The van der Waals surface area contributed by atoms with Crippen LogP contribution < -0.4 is 10.6 Å². The summed E-state index contributed by atoms with van der Waals surface area (Å²) in [5.74, 6) is 0.0132. The molecule has 17 heavy (non-hydrogen) atoms. The fourth-order valence-corrected chi connectivity index (χ4v) is 2.31. The van der Waals surface area contributed by atoms with Crippen LogP contribution in [0.1, 0.15) is 35.2 Å². The maximum atomic E-state index is 11.2. The van der Waals surface area contributed by atoms with Crippen molar-refractivity contribution < 1.29 is 4.79 Å². The van der Waals surface area contributed by atoms with Crippen molar-refractivity contribution in [3.8, 4) is 0 Å². The topological polar surface area (TPSA) is 41.1 Å². The van der Waals surface area contributed by atoms with Crippen molar-refractivity contribution in [3.05, 3.63) is 34.4 Å². The van der Waals surface area contributed by atoms with Gasteiger partial charge in [0.05, 0.1) is 6.54 Å². The molecule has 1 aromatic rings. The second-order valence-corrected chi connectivity index (χ2v) is 4.59. The third-order valence-electron chi connectivity index (χ3n) is 3.02. The Morgan fingerprint density at radius 1 is 1.24 bits per heavy atom. The fourth-order valence-electron chi connectivity index (χ4n) is 2.31. The zero-order valence-electron chi connectivity index (χ0n) is 11.3. The highest BCUT2D eigenvalue weighted by Crippen LogP contribution is 2.22. The van der Waals surface area contributed by atoms with E-state index in [2.05, 4.69) is 50.5 Å². The largest absolute Gasteiger partial charge is 0.358 e. The minimum Gasteiger partial charge on any atom is -0.358 e. The molecule has 0 saturated carbocycles. The molecule has 94 valence electrons. The molecule has 0 saturated heterocycles. The molecular formula is C14H22N2O. The summed E-state index contributed by atoms with van der Waals surface area (Å²) in [5.41, 5.74) is 5.13. The molecule has 0 aliphatic carbocycles. The van der Waals surface area contributed by atoms with E-state index < -0.39 is 0 Å². The van der Waals surface area contributed by atoms with Crippen LogP contribution in [-0.2, 0) is 4.79 Å². The van der Waals surface area contributed by atoms with Gasteiger partial charge in [0.2, 0.25) is 5.91 Å². The Morgan fingerprint density at radius 3 is 2.24 bits per heavy atom. The first-order chi connectivity index (χ1) is 7.95. The number of benzene rings is 1. The highest BCUT2D eigenvalue weighted by molar-refractivity contribution is 5.77. The van der Waals surface area contributed by atoms with Gasteiger partial charge in [-0.25, -0.2) is 0 Å². The van der Waals surface area contributed by atoms with Crippen molar-refractivity contribution in [2.24, 2.45) is 0 Å². The highest BCUT2D eigenvalue weighted by Gasteiger charge is 2.12. The number of hydrogen-bond donors (Lipinski definition) is 2. The SMILES string of the molecule is CNC(=O)CNC(C)c1c(C)cc(C)cc1C. The van der Waals surface area contributed by atoms with E-state index in [4.69, 9.17) is 0 Å². The number of aryl methyl sites for hydroxylation is 3. The summed E-state index contributed by atoms with van der Waals surface area (Å²) in [6.45, 7) is 8.78. The Balaban J connectivity index is 2.82. The lowest BCUT2D eigenvalue weighted by atomic mass is 9.95. The Labute approximate surface area is 104 Å². The second kappa shape index (κ2) is 5.82. The maximum Gasteiger partial charge on any atom is 0.233 e. The third-order valence-corrected chi connectivity index (χ3v) is 3.02. The van der Waals surface area contributed by atoms with Crippen molar-refractivity contribution in [2.45, 2.75) is 33.7 Å². The number of hydrogen-bond acceptors (Lipinski definition) is 2. The van der Waals surface area contributed by atoms with Crippen LogP contribution in [0.2, 0.25) is 0 Å². The Hall–Kier alpha value is -1.35. The van der Waals surface area contributed by atoms with Crippen LogP contribution in [-0.4, -0.2) is 19.5 Å². The molecule has 3 heteroatoms. The van der Waals surface area contributed by atoms with Crippen molar-refractivity contribution >= 4 is 5.91 Å². The summed E-state index contributed by atoms with van der Waals surface area (Å²) in [7, 11) is 1.65. The predicted molar refractivity (Wildman–Crippen MR) is 71.1 cm³/mol. The van der Waals surface area contributed by atoms with Crippen LogP contribution in [0.5, 0.6) is 0 Å². The standard InChI is InChI=1S/C14H22N2O/c1-9-6-10(2)14(11(3)7-9)12(4)16-8-13(17)15-5/h6-7,12,16H,8H2,1-5H3,(H,15,17). The molecule has 1 rings (SSSR count). The van der Waals surface area contributed by atoms with Gasteiger partial charge in [0.1, 0.15) is 0 Å². The van der Waals surface area contributed by atoms with Crippen LogP contribution in [0.4, 0.5) is 0 Å². The summed E-state index contributed by atoms with van der Waals surface area (Å²) >= 11 is 0. The molecule has 0 spiro atoms. The van der Waals surface area contributed by atoms with Crippen LogP contribution >= 0.6 is 0 Å². The van der Waals surface area contributed by atoms with Gasteiger partial charge in [-0.3, -0.25) is 4.79 Å². The minimum absolute atomic E-state index is 0.0132. The molecule has 0 bridgehead atoms. The first-order valence-corrected chi connectivity index (χ1v) is 5.97. The first kappa shape index (κ1) is 13.7. The number of amides is 1. The molecule has 2 N–H and O–H groups in total. The molecule has 1 atom stereocenters. The lowest BCUT2D eigenvalue weighted by Gasteiger charge is -2.19. The Bertz CT molecular complexity index is 390. The van der Waals surface area contributed by atoms with E-state index in [0.29, 0.717) is 6.54 Å². The maximum absolute atomic E-state index is 11.2. The van der Waals surface area contributed by atoms with Crippen molar-refractivity contribution in [2.75, 3.05) is 13.6 Å². The van der Waals surface area contributed by atoms with E-state index in [9.17, 15) is 4.79 Å².